The SMILES string of the molecule is Cc1cnc(N[C@@H]2CCC[C@](C)(NC(=O)OCc3ccccc3)C2)nc1-c1n[nH]c2c(C)cccc12. The van der Waals surface area contributed by atoms with Crippen LogP contribution in [0.15, 0.2) is 54.7 Å². The molecular weight excluding hydrogens is 452 g/mol. The van der Waals surface area contributed by atoms with E-state index < -0.39 is 6.09 Å². The zero-order chi connectivity index (χ0) is 25.1. The number of carbonyl (C=O) groups excluding carboxylic acids is 1. The van der Waals surface area contributed by atoms with Crippen LogP contribution in [-0.2, 0) is 11.3 Å². The van der Waals surface area contributed by atoms with E-state index in [1.807, 2.05) is 49.5 Å². The highest BCUT2D eigenvalue weighted by Crippen LogP contribution is 2.32. The van der Waals surface area contributed by atoms with E-state index in [2.05, 4.69) is 51.8 Å². The van der Waals surface area contributed by atoms with Crippen LogP contribution in [0.25, 0.3) is 22.3 Å². The molecule has 8 heteroatoms. The van der Waals surface area contributed by atoms with Crippen molar-refractivity contribution < 1.29 is 9.53 Å². The molecule has 0 bridgehead atoms. The fourth-order valence-corrected chi connectivity index (χ4v) is 5.03. The van der Waals surface area contributed by atoms with Crippen molar-refractivity contribution in [2.45, 2.75) is 64.6 Å². The van der Waals surface area contributed by atoms with Crippen LogP contribution in [0.3, 0.4) is 0 Å². The molecule has 1 aliphatic rings. The van der Waals surface area contributed by atoms with Crippen LogP contribution < -0.4 is 10.6 Å². The Balaban J connectivity index is 1.26. The predicted molar refractivity (Wildman–Crippen MR) is 141 cm³/mol. The number of anilines is 1. The van der Waals surface area contributed by atoms with Crippen LogP contribution in [0.5, 0.6) is 0 Å². The number of ether oxygens (including phenoxy) is 1. The van der Waals surface area contributed by atoms with Gasteiger partial charge in [-0.2, -0.15) is 5.10 Å². The van der Waals surface area contributed by atoms with Gasteiger partial charge >= 0.3 is 6.09 Å². The number of rotatable bonds is 6. The number of fused-ring (bicyclic) bond motifs is 1. The Morgan fingerprint density at radius 2 is 1.94 bits per heavy atom. The highest BCUT2D eigenvalue weighted by Gasteiger charge is 2.34. The minimum absolute atomic E-state index is 0.131. The van der Waals surface area contributed by atoms with E-state index in [1.165, 1.54) is 0 Å². The molecule has 4 aromatic rings. The number of carbonyl (C=O) groups is 1. The molecule has 2 atom stereocenters. The molecule has 5 rings (SSSR count). The van der Waals surface area contributed by atoms with E-state index in [9.17, 15) is 4.79 Å². The van der Waals surface area contributed by atoms with Gasteiger partial charge in [0.25, 0.3) is 0 Å². The lowest BCUT2D eigenvalue weighted by Crippen LogP contribution is -2.51. The second kappa shape index (κ2) is 9.97. The summed E-state index contributed by atoms with van der Waals surface area (Å²) in [5.74, 6) is 0.570. The topological polar surface area (TPSA) is 105 Å². The second-order valence-electron chi connectivity index (χ2n) is 9.98. The first kappa shape index (κ1) is 23.8. The average molecular weight is 485 g/mol. The molecule has 3 N–H and O–H groups in total. The third-order valence-electron chi connectivity index (χ3n) is 6.93. The van der Waals surface area contributed by atoms with Gasteiger partial charge in [0, 0.05) is 23.2 Å². The van der Waals surface area contributed by atoms with E-state index in [-0.39, 0.29) is 18.2 Å². The molecular formula is C28H32N6O2. The van der Waals surface area contributed by atoms with E-state index in [4.69, 9.17) is 9.72 Å². The van der Waals surface area contributed by atoms with Crippen molar-refractivity contribution in [1.82, 2.24) is 25.5 Å². The number of nitrogens with one attached hydrogen (secondary N) is 3. The number of para-hydroxylation sites is 1. The van der Waals surface area contributed by atoms with Gasteiger partial charge in [-0.3, -0.25) is 5.10 Å². The summed E-state index contributed by atoms with van der Waals surface area (Å²) in [7, 11) is 0. The van der Waals surface area contributed by atoms with Crippen LogP contribution in [-0.4, -0.2) is 37.8 Å². The van der Waals surface area contributed by atoms with Crippen LogP contribution in [0.1, 0.15) is 49.3 Å². The third kappa shape index (κ3) is 5.17. The summed E-state index contributed by atoms with van der Waals surface area (Å²) in [6, 6.07) is 16.0. The maximum atomic E-state index is 12.5. The normalized spacial score (nSPS) is 19.7. The van der Waals surface area contributed by atoms with Crippen molar-refractivity contribution in [3.05, 3.63) is 71.4 Å². The summed E-state index contributed by atoms with van der Waals surface area (Å²) < 4.78 is 5.46. The van der Waals surface area contributed by atoms with Gasteiger partial charge in [0.1, 0.15) is 12.3 Å². The van der Waals surface area contributed by atoms with Crippen molar-refractivity contribution >= 4 is 22.9 Å². The number of H-pyrrole nitrogens is 1. The van der Waals surface area contributed by atoms with Crippen LogP contribution >= 0.6 is 0 Å². The zero-order valence-electron chi connectivity index (χ0n) is 21.0. The first-order valence-corrected chi connectivity index (χ1v) is 12.4. The Hall–Kier alpha value is -3.94. The number of nitrogens with zero attached hydrogens (tertiary/aromatic N) is 3. The van der Waals surface area contributed by atoms with Crippen LogP contribution in [0.2, 0.25) is 0 Å². The molecule has 0 saturated heterocycles. The number of aromatic nitrogens is 4. The molecule has 2 aromatic carbocycles. The average Bonchev–Trinajstić information content (AvgIpc) is 3.30. The van der Waals surface area contributed by atoms with Crippen LogP contribution in [0.4, 0.5) is 10.7 Å². The monoisotopic (exact) mass is 484 g/mol. The van der Waals surface area contributed by atoms with E-state index >= 15 is 0 Å². The van der Waals surface area contributed by atoms with Gasteiger partial charge < -0.3 is 15.4 Å². The van der Waals surface area contributed by atoms with Gasteiger partial charge in [0.15, 0.2) is 0 Å². The number of aromatic amines is 1. The standard InChI is InChI=1S/C28H32N6O2/c1-18-9-7-13-22-23(18)33-34-25(22)24-19(2)16-29-26(31-24)30-21-12-8-14-28(3,15-21)32-27(35)36-17-20-10-5-4-6-11-20/h4-7,9-11,13,16,21H,8,12,14-15,17H2,1-3H3,(H,32,35)(H,33,34)(H,29,30,31)/t21-,28+/m1/s1. The highest BCUT2D eigenvalue weighted by molar-refractivity contribution is 5.94. The van der Waals surface area contributed by atoms with Gasteiger partial charge in [-0.15, -0.1) is 0 Å². The van der Waals surface area contributed by atoms with E-state index in [1.54, 1.807) is 0 Å². The Kier molecular flexibility index (Phi) is 6.59. The molecule has 0 aliphatic heterocycles. The maximum absolute atomic E-state index is 12.5. The van der Waals surface area contributed by atoms with Crippen molar-refractivity contribution in [3.63, 3.8) is 0 Å². The Morgan fingerprint density at radius 1 is 1.11 bits per heavy atom. The first-order valence-electron chi connectivity index (χ1n) is 12.4. The molecule has 1 saturated carbocycles. The molecule has 2 aromatic heterocycles. The van der Waals surface area contributed by atoms with Crippen LogP contribution in [0, 0.1) is 13.8 Å². The number of benzene rings is 2. The highest BCUT2D eigenvalue weighted by atomic mass is 16.5. The summed E-state index contributed by atoms with van der Waals surface area (Å²) in [6.45, 7) is 6.39. The van der Waals surface area contributed by atoms with E-state index in [0.717, 1.165) is 64.7 Å². The first-order chi connectivity index (χ1) is 17.4. The molecule has 1 fully saturated rings. The Labute approximate surface area is 210 Å². The second-order valence-corrected chi connectivity index (χ2v) is 9.98. The lowest BCUT2D eigenvalue weighted by Gasteiger charge is -2.38. The van der Waals surface area contributed by atoms with E-state index in [0.29, 0.717) is 5.95 Å². The lowest BCUT2D eigenvalue weighted by atomic mass is 9.80. The largest absolute Gasteiger partial charge is 0.445 e. The molecule has 36 heavy (non-hydrogen) atoms. The predicted octanol–water partition coefficient (Wildman–Crippen LogP) is 5.68. The fourth-order valence-electron chi connectivity index (χ4n) is 5.03. The van der Waals surface area contributed by atoms with Gasteiger partial charge in [0.05, 0.1) is 11.2 Å². The molecule has 8 nitrogen and oxygen atoms in total. The third-order valence-corrected chi connectivity index (χ3v) is 6.93. The van der Waals surface area contributed by atoms with Gasteiger partial charge in [0.2, 0.25) is 5.95 Å². The summed E-state index contributed by atoms with van der Waals surface area (Å²) in [5.41, 5.74) is 5.37. The Morgan fingerprint density at radius 3 is 2.78 bits per heavy atom. The molecule has 1 amide bonds. The summed E-state index contributed by atoms with van der Waals surface area (Å²) >= 11 is 0. The summed E-state index contributed by atoms with van der Waals surface area (Å²) in [6.07, 6.45) is 5.05. The number of hydrogen-bond donors (Lipinski definition) is 3. The molecule has 2 heterocycles. The molecule has 1 aliphatic carbocycles. The summed E-state index contributed by atoms with van der Waals surface area (Å²) in [4.78, 5) is 21.9. The lowest BCUT2D eigenvalue weighted by molar-refractivity contribution is 0.120. The number of alkyl carbamates (subject to hydrolysis) is 1. The minimum atomic E-state index is -0.392. The molecule has 0 unspecified atom stereocenters. The van der Waals surface area contributed by atoms with Crippen molar-refractivity contribution in [3.8, 4) is 11.4 Å². The number of hydrogen-bond acceptors (Lipinski definition) is 6. The number of aryl methyl sites for hydroxylation is 2. The minimum Gasteiger partial charge on any atom is -0.445 e. The maximum Gasteiger partial charge on any atom is 0.407 e. The van der Waals surface area contributed by atoms with Gasteiger partial charge in [-0.25, -0.2) is 14.8 Å². The Bertz CT molecular complexity index is 1370. The van der Waals surface area contributed by atoms with Gasteiger partial charge in [-0.05, 0) is 63.1 Å². The van der Waals surface area contributed by atoms with Crippen molar-refractivity contribution in [2.75, 3.05) is 5.32 Å². The molecule has 0 spiro atoms. The number of amides is 1. The molecule has 0 radical (unpaired) electrons. The molecule has 186 valence electrons. The van der Waals surface area contributed by atoms with Crippen molar-refractivity contribution in [2.24, 2.45) is 0 Å². The van der Waals surface area contributed by atoms with Crippen molar-refractivity contribution in [1.29, 1.82) is 0 Å². The smallest absolute Gasteiger partial charge is 0.407 e. The van der Waals surface area contributed by atoms with Gasteiger partial charge in [-0.1, -0.05) is 48.5 Å². The zero-order valence-corrected chi connectivity index (χ0v) is 21.0. The quantitative estimate of drug-likeness (QED) is 0.325. The fraction of sp³-hybridized carbons (Fsp3) is 0.357. The summed E-state index contributed by atoms with van der Waals surface area (Å²) in [5, 5.41) is 15.4.